The summed E-state index contributed by atoms with van der Waals surface area (Å²) in [5.74, 6) is -1.84. The van der Waals surface area contributed by atoms with Crippen LogP contribution in [0.4, 0.5) is 10.1 Å². The van der Waals surface area contributed by atoms with E-state index in [-0.39, 0.29) is 17.0 Å². The van der Waals surface area contributed by atoms with Gasteiger partial charge in [-0.2, -0.15) is 0 Å². The van der Waals surface area contributed by atoms with Crippen molar-refractivity contribution >= 4 is 23.5 Å². The van der Waals surface area contributed by atoms with E-state index >= 15 is 0 Å². The fourth-order valence-corrected chi connectivity index (χ4v) is 1.71. The van der Waals surface area contributed by atoms with Gasteiger partial charge >= 0.3 is 5.97 Å². The minimum Gasteiger partial charge on any atom is -0.478 e. The fourth-order valence-electron chi connectivity index (χ4n) is 1.71. The van der Waals surface area contributed by atoms with Crippen molar-refractivity contribution in [1.29, 1.82) is 0 Å². The van der Waals surface area contributed by atoms with E-state index in [1.807, 2.05) is 0 Å². The number of carboxylic acid groups (broad SMARTS) is 1. The number of hydrogen-bond donors (Lipinski definition) is 2. The maximum absolute atomic E-state index is 13.0. The molecule has 0 spiro atoms. The summed E-state index contributed by atoms with van der Waals surface area (Å²) in [7, 11) is 0. The minimum atomic E-state index is -1.05. The van der Waals surface area contributed by atoms with Crippen molar-refractivity contribution in [3.05, 3.63) is 71.0 Å². The predicted molar refractivity (Wildman–Crippen MR) is 77.6 cm³/mol. The van der Waals surface area contributed by atoms with Crippen LogP contribution < -0.4 is 5.73 Å². The average molecular weight is 285 g/mol. The Morgan fingerprint density at radius 2 is 1.67 bits per heavy atom. The second-order valence-electron chi connectivity index (χ2n) is 4.36. The fraction of sp³-hybridized carbons (Fsp3) is 0. The summed E-state index contributed by atoms with van der Waals surface area (Å²) in [6.45, 7) is 0. The first-order valence-corrected chi connectivity index (χ1v) is 6.08. The van der Waals surface area contributed by atoms with Crippen LogP contribution in [-0.2, 0) is 0 Å². The molecule has 0 heterocycles. The zero-order valence-electron chi connectivity index (χ0n) is 10.9. The molecule has 0 bridgehead atoms. The molecular weight excluding hydrogens is 273 g/mol. The van der Waals surface area contributed by atoms with E-state index in [1.54, 1.807) is 0 Å². The first kappa shape index (κ1) is 14.5. The highest BCUT2D eigenvalue weighted by Crippen LogP contribution is 2.14. The van der Waals surface area contributed by atoms with E-state index in [1.165, 1.54) is 54.6 Å². The van der Waals surface area contributed by atoms with Gasteiger partial charge in [-0.05, 0) is 35.9 Å². The standard InChI is InChI=1S/C16H12FNO3/c17-13-7-1-10(9-14(13)18)2-8-15(19)11-3-5-12(6-4-11)16(20)21/h1-9H,18H2,(H,20,21)/b8-2+. The van der Waals surface area contributed by atoms with Crippen molar-refractivity contribution < 1.29 is 19.1 Å². The lowest BCUT2D eigenvalue weighted by Crippen LogP contribution is -1.99. The molecule has 2 aromatic rings. The van der Waals surface area contributed by atoms with Crippen LogP contribution in [0.3, 0.4) is 0 Å². The van der Waals surface area contributed by atoms with Gasteiger partial charge in [0.25, 0.3) is 0 Å². The number of aromatic carboxylic acids is 1. The van der Waals surface area contributed by atoms with Gasteiger partial charge in [0.2, 0.25) is 0 Å². The lowest BCUT2D eigenvalue weighted by Gasteiger charge is -1.99. The summed E-state index contributed by atoms with van der Waals surface area (Å²) in [6.07, 6.45) is 2.84. The number of nitrogens with two attached hydrogens (primary N) is 1. The van der Waals surface area contributed by atoms with E-state index in [9.17, 15) is 14.0 Å². The third-order valence-corrected chi connectivity index (χ3v) is 2.86. The third-order valence-electron chi connectivity index (χ3n) is 2.86. The molecule has 0 saturated heterocycles. The number of allylic oxidation sites excluding steroid dienone is 1. The molecule has 5 heteroatoms. The highest BCUT2D eigenvalue weighted by Gasteiger charge is 2.05. The summed E-state index contributed by atoms with van der Waals surface area (Å²) in [4.78, 5) is 22.6. The molecule has 0 aliphatic rings. The topological polar surface area (TPSA) is 80.4 Å². The maximum atomic E-state index is 13.0. The number of halogens is 1. The van der Waals surface area contributed by atoms with Gasteiger partial charge in [-0.1, -0.05) is 24.3 Å². The van der Waals surface area contributed by atoms with Crippen LogP contribution >= 0.6 is 0 Å². The zero-order chi connectivity index (χ0) is 15.4. The SMILES string of the molecule is Nc1cc(/C=C/C(=O)c2ccc(C(=O)O)cc2)ccc1F. The van der Waals surface area contributed by atoms with Crippen LogP contribution in [0.25, 0.3) is 6.08 Å². The summed E-state index contributed by atoms with van der Waals surface area (Å²) in [5.41, 5.74) is 6.52. The van der Waals surface area contributed by atoms with Gasteiger partial charge in [0.15, 0.2) is 5.78 Å². The number of carboxylic acids is 1. The van der Waals surface area contributed by atoms with Gasteiger partial charge in [-0.3, -0.25) is 4.79 Å². The van der Waals surface area contributed by atoms with Crippen LogP contribution in [0.5, 0.6) is 0 Å². The van der Waals surface area contributed by atoms with Gasteiger partial charge in [0.1, 0.15) is 5.82 Å². The third kappa shape index (κ3) is 3.54. The van der Waals surface area contributed by atoms with Gasteiger partial charge in [0, 0.05) is 5.56 Å². The van der Waals surface area contributed by atoms with Crippen molar-refractivity contribution in [3.8, 4) is 0 Å². The van der Waals surface area contributed by atoms with Crippen molar-refractivity contribution in [3.63, 3.8) is 0 Å². The molecule has 0 aromatic heterocycles. The van der Waals surface area contributed by atoms with Crippen molar-refractivity contribution in [2.24, 2.45) is 0 Å². The average Bonchev–Trinajstić information content (AvgIpc) is 2.48. The molecule has 2 aromatic carbocycles. The number of anilines is 1. The van der Waals surface area contributed by atoms with Gasteiger partial charge < -0.3 is 10.8 Å². The number of nitrogen functional groups attached to an aromatic ring is 1. The zero-order valence-corrected chi connectivity index (χ0v) is 10.9. The van der Waals surface area contributed by atoms with Crippen LogP contribution in [0.1, 0.15) is 26.3 Å². The number of rotatable bonds is 4. The monoisotopic (exact) mass is 285 g/mol. The number of hydrogen-bond acceptors (Lipinski definition) is 3. The van der Waals surface area contributed by atoms with Gasteiger partial charge in [0.05, 0.1) is 11.3 Å². The number of benzene rings is 2. The molecule has 21 heavy (non-hydrogen) atoms. The molecule has 0 fully saturated rings. The van der Waals surface area contributed by atoms with Gasteiger partial charge in [-0.25, -0.2) is 9.18 Å². The maximum Gasteiger partial charge on any atom is 0.335 e. The first-order chi connectivity index (χ1) is 9.97. The Bertz CT molecular complexity index is 721. The number of ketones is 1. The Morgan fingerprint density at radius 3 is 2.24 bits per heavy atom. The predicted octanol–water partition coefficient (Wildman–Crippen LogP) is 3.00. The minimum absolute atomic E-state index is 0.00964. The lowest BCUT2D eigenvalue weighted by molar-refractivity contribution is 0.0696. The molecule has 0 amide bonds. The molecule has 2 rings (SSSR count). The van der Waals surface area contributed by atoms with Crippen LogP contribution in [-0.4, -0.2) is 16.9 Å². The van der Waals surface area contributed by atoms with Crippen LogP contribution in [0.15, 0.2) is 48.5 Å². The molecule has 3 N–H and O–H groups in total. The molecule has 0 aliphatic carbocycles. The normalized spacial score (nSPS) is 10.7. The smallest absolute Gasteiger partial charge is 0.335 e. The van der Waals surface area contributed by atoms with E-state index < -0.39 is 11.8 Å². The summed E-state index contributed by atoms with van der Waals surface area (Å²) in [6, 6.07) is 9.75. The van der Waals surface area contributed by atoms with E-state index in [4.69, 9.17) is 10.8 Å². The summed E-state index contributed by atoms with van der Waals surface area (Å²) >= 11 is 0. The van der Waals surface area contributed by atoms with E-state index in [0.29, 0.717) is 11.1 Å². The van der Waals surface area contributed by atoms with Crippen molar-refractivity contribution in [1.82, 2.24) is 0 Å². The first-order valence-electron chi connectivity index (χ1n) is 6.08. The largest absolute Gasteiger partial charge is 0.478 e. The van der Waals surface area contributed by atoms with E-state index in [2.05, 4.69) is 0 Å². The quantitative estimate of drug-likeness (QED) is 0.514. The highest BCUT2D eigenvalue weighted by atomic mass is 19.1. The van der Waals surface area contributed by atoms with E-state index in [0.717, 1.165) is 0 Å². The molecule has 0 radical (unpaired) electrons. The molecule has 0 saturated carbocycles. The number of carbonyl (C=O) groups excluding carboxylic acids is 1. The lowest BCUT2D eigenvalue weighted by atomic mass is 10.1. The Labute approximate surface area is 120 Å². The molecule has 0 aliphatic heterocycles. The molecular formula is C16H12FNO3. The van der Waals surface area contributed by atoms with Crippen molar-refractivity contribution in [2.45, 2.75) is 0 Å². The number of carbonyl (C=O) groups is 2. The second-order valence-corrected chi connectivity index (χ2v) is 4.36. The Kier molecular flexibility index (Phi) is 4.13. The van der Waals surface area contributed by atoms with Crippen molar-refractivity contribution in [2.75, 3.05) is 5.73 Å². The molecule has 0 atom stereocenters. The summed E-state index contributed by atoms with van der Waals surface area (Å²) in [5, 5.41) is 8.77. The summed E-state index contributed by atoms with van der Waals surface area (Å²) < 4.78 is 13.0. The second kappa shape index (κ2) is 6.00. The molecule has 106 valence electrons. The Balaban J connectivity index is 2.14. The molecule has 4 nitrogen and oxygen atoms in total. The highest BCUT2D eigenvalue weighted by molar-refractivity contribution is 6.07. The molecule has 0 unspecified atom stereocenters. The van der Waals surface area contributed by atoms with Crippen LogP contribution in [0, 0.1) is 5.82 Å². The van der Waals surface area contributed by atoms with Gasteiger partial charge in [-0.15, -0.1) is 0 Å². The Hall–Kier alpha value is -2.95. The Morgan fingerprint density at radius 1 is 1.05 bits per heavy atom. The van der Waals surface area contributed by atoms with Crippen LogP contribution in [0.2, 0.25) is 0 Å².